The van der Waals surface area contributed by atoms with Crippen molar-refractivity contribution in [2.45, 2.75) is 26.2 Å². The van der Waals surface area contributed by atoms with Crippen LogP contribution in [0.25, 0.3) is 0 Å². The zero-order valence-electron chi connectivity index (χ0n) is 12.2. The summed E-state index contributed by atoms with van der Waals surface area (Å²) in [7, 11) is -1.27. The third kappa shape index (κ3) is 5.44. The van der Waals surface area contributed by atoms with Gasteiger partial charge in [0, 0.05) is 36.7 Å². The average Bonchev–Trinajstić information content (AvgIpc) is 2.37. The van der Waals surface area contributed by atoms with Crippen molar-refractivity contribution in [2.75, 3.05) is 24.6 Å². The van der Waals surface area contributed by atoms with E-state index in [1.165, 1.54) is 35.7 Å². The molecule has 0 aliphatic carbocycles. The largest absolute Gasteiger partial charge is 0.297 e. The number of thioether (sulfide) groups is 1. The van der Waals surface area contributed by atoms with Gasteiger partial charge >= 0.3 is 0 Å². The van der Waals surface area contributed by atoms with Crippen molar-refractivity contribution in [1.82, 2.24) is 4.90 Å². The van der Waals surface area contributed by atoms with Crippen LogP contribution >= 0.6 is 11.8 Å². The van der Waals surface area contributed by atoms with Crippen molar-refractivity contribution >= 4 is 19.8 Å². The summed E-state index contributed by atoms with van der Waals surface area (Å²) in [6.07, 6.45) is 0. The van der Waals surface area contributed by atoms with Crippen LogP contribution in [0, 0.1) is 11.5 Å². The molecule has 0 unspecified atom stereocenters. The van der Waals surface area contributed by atoms with Crippen molar-refractivity contribution in [2.24, 2.45) is 0 Å². The number of rotatable bonds is 2. The Labute approximate surface area is 122 Å². The van der Waals surface area contributed by atoms with E-state index in [0.29, 0.717) is 0 Å². The Balaban J connectivity index is 2.03. The van der Waals surface area contributed by atoms with Gasteiger partial charge in [0.05, 0.1) is 0 Å². The highest BCUT2D eigenvalue weighted by Gasteiger charge is 2.11. The van der Waals surface area contributed by atoms with Gasteiger partial charge in [-0.05, 0) is 17.7 Å². The molecular weight excluding hydrogens is 266 g/mol. The maximum absolute atomic E-state index is 3.44. The summed E-state index contributed by atoms with van der Waals surface area (Å²) in [5.74, 6) is 5.90. The van der Waals surface area contributed by atoms with Gasteiger partial charge in [-0.15, -0.1) is 5.54 Å². The molecule has 1 aromatic carbocycles. The van der Waals surface area contributed by atoms with E-state index in [2.05, 4.69) is 72.0 Å². The summed E-state index contributed by atoms with van der Waals surface area (Å²) in [4.78, 5) is 2.54. The highest BCUT2D eigenvalue weighted by molar-refractivity contribution is 7.99. The fourth-order valence-corrected chi connectivity index (χ4v) is 3.52. The van der Waals surface area contributed by atoms with Gasteiger partial charge in [-0.1, -0.05) is 37.7 Å². The van der Waals surface area contributed by atoms with Crippen LogP contribution in [-0.4, -0.2) is 37.6 Å². The second-order valence-electron chi connectivity index (χ2n) is 6.09. The predicted octanol–water partition coefficient (Wildman–Crippen LogP) is 3.46. The van der Waals surface area contributed by atoms with Crippen LogP contribution in [0.1, 0.15) is 11.1 Å². The fraction of sp³-hybridized carbons (Fsp3) is 0.500. The molecule has 19 heavy (non-hydrogen) atoms. The summed E-state index contributed by atoms with van der Waals surface area (Å²) in [5.41, 5.74) is 6.01. The van der Waals surface area contributed by atoms with E-state index < -0.39 is 8.07 Å². The third-order valence-corrected chi connectivity index (χ3v) is 4.84. The topological polar surface area (TPSA) is 3.24 Å². The Hall–Kier alpha value is -0.693. The molecule has 0 bridgehead atoms. The molecule has 1 heterocycles. The van der Waals surface area contributed by atoms with Crippen LogP contribution in [0.3, 0.4) is 0 Å². The second-order valence-corrected chi connectivity index (χ2v) is 12.1. The van der Waals surface area contributed by atoms with Crippen LogP contribution in [0.4, 0.5) is 0 Å². The Bertz CT molecular complexity index is 476. The minimum absolute atomic E-state index is 1.07. The first-order chi connectivity index (χ1) is 9.03. The highest BCUT2D eigenvalue weighted by atomic mass is 32.2. The number of hydrogen-bond acceptors (Lipinski definition) is 2. The van der Waals surface area contributed by atoms with Crippen LogP contribution in [0.5, 0.6) is 0 Å². The zero-order valence-corrected chi connectivity index (χ0v) is 14.0. The van der Waals surface area contributed by atoms with Crippen molar-refractivity contribution in [1.29, 1.82) is 0 Å². The maximum Gasteiger partial charge on any atom is 0.129 e. The first kappa shape index (κ1) is 14.7. The number of nitrogens with zero attached hydrogens (tertiary/aromatic N) is 1. The molecule has 3 heteroatoms. The van der Waals surface area contributed by atoms with Gasteiger partial charge in [0.2, 0.25) is 0 Å². The standard InChI is InChI=1S/C16H23NSSi/c1-19(2,3)12-7-15-5-4-6-16(13-15)14-17-8-10-18-11-9-17/h4-6,13H,8-11,14H2,1-3H3. The van der Waals surface area contributed by atoms with E-state index in [1.54, 1.807) is 0 Å². The van der Waals surface area contributed by atoms with Crippen molar-refractivity contribution in [3.8, 4) is 11.5 Å². The van der Waals surface area contributed by atoms with E-state index in [-0.39, 0.29) is 0 Å². The van der Waals surface area contributed by atoms with E-state index in [1.807, 2.05) is 0 Å². The lowest BCUT2D eigenvalue weighted by atomic mass is 10.1. The maximum atomic E-state index is 3.44. The Morgan fingerprint density at radius 2 is 1.95 bits per heavy atom. The van der Waals surface area contributed by atoms with E-state index >= 15 is 0 Å². The molecule has 1 aromatic rings. The average molecular weight is 290 g/mol. The van der Waals surface area contributed by atoms with E-state index in [9.17, 15) is 0 Å². The Morgan fingerprint density at radius 1 is 1.21 bits per heavy atom. The summed E-state index contributed by atoms with van der Waals surface area (Å²) in [5, 5.41) is 0. The minimum atomic E-state index is -1.27. The summed E-state index contributed by atoms with van der Waals surface area (Å²) >= 11 is 2.06. The molecule has 0 N–H and O–H groups in total. The highest BCUT2D eigenvalue weighted by Crippen LogP contribution is 2.13. The molecular formula is C16H23NSSi. The lowest BCUT2D eigenvalue weighted by Gasteiger charge is -2.26. The molecule has 1 saturated heterocycles. The molecule has 0 radical (unpaired) electrons. The molecule has 1 aliphatic heterocycles. The quantitative estimate of drug-likeness (QED) is 0.606. The Morgan fingerprint density at radius 3 is 2.63 bits per heavy atom. The van der Waals surface area contributed by atoms with Crippen molar-refractivity contribution < 1.29 is 0 Å². The predicted molar refractivity (Wildman–Crippen MR) is 89.3 cm³/mol. The summed E-state index contributed by atoms with van der Waals surface area (Å²) < 4.78 is 0. The molecule has 102 valence electrons. The first-order valence-electron chi connectivity index (χ1n) is 6.95. The molecule has 0 saturated carbocycles. The molecule has 0 amide bonds. The number of hydrogen-bond donors (Lipinski definition) is 0. The van der Waals surface area contributed by atoms with E-state index in [0.717, 1.165) is 6.54 Å². The van der Waals surface area contributed by atoms with Gasteiger partial charge in [0.15, 0.2) is 0 Å². The minimum Gasteiger partial charge on any atom is -0.297 e. The van der Waals surface area contributed by atoms with Crippen molar-refractivity contribution in [3.63, 3.8) is 0 Å². The van der Waals surface area contributed by atoms with Gasteiger partial charge < -0.3 is 0 Å². The lowest BCUT2D eigenvalue weighted by molar-refractivity contribution is 0.294. The molecule has 2 rings (SSSR count). The molecule has 0 spiro atoms. The molecule has 1 aliphatic rings. The number of benzene rings is 1. The van der Waals surface area contributed by atoms with Crippen LogP contribution in [0.15, 0.2) is 24.3 Å². The van der Waals surface area contributed by atoms with Crippen LogP contribution in [0.2, 0.25) is 19.6 Å². The molecule has 0 aromatic heterocycles. The summed E-state index contributed by atoms with van der Waals surface area (Å²) in [6, 6.07) is 8.75. The van der Waals surface area contributed by atoms with Crippen LogP contribution < -0.4 is 0 Å². The smallest absolute Gasteiger partial charge is 0.129 e. The SMILES string of the molecule is C[Si](C)(C)C#Cc1cccc(CN2CCSCC2)c1. The summed E-state index contributed by atoms with van der Waals surface area (Å²) in [6.45, 7) is 10.4. The molecule has 1 nitrogen and oxygen atoms in total. The first-order valence-corrected chi connectivity index (χ1v) is 11.6. The van der Waals surface area contributed by atoms with Crippen molar-refractivity contribution in [3.05, 3.63) is 35.4 Å². The van der Waals surface area contributed by atoms with E-state index in [4.69, 9.17) is 0 Å². The van der Waals surface area contributed by atoms with Gasteiger partial charge in [0.1, 0.15) is 8.07 Å². The fourth-order valence-electron chi connectivity index (χ4n) is 2.02. The van der Waals surface area contributed by atoms with Gasteiger partial charge in [0.25, 0.3) is 0 Å². The lowest BCUT2D eigenvalue weighted by Crippen LogP contribution is -2.31. The van der Waals surface area contributed by atoms with Gasteiger partial charge in [-0.3, -0.25) is 4.90 Å². The van der Waals surface area contributed by atoms with Gasteiger partial charge in [-0.2, -0.15) is 11.8 Å². The van der Waals surface area contributed by atoms with Gasteiger partial charge in [-0.25, -0.2) is 0 Å². The Kier molecular flexibility index (Phi) is 5.15. The molecule has 1 fully saturated rings. The molecule has 0 atom stereocenters. The zero-order chi connectivity index (χ0) is 13.7. The normalized spacial score (nSPS) is 16.8. The van der Waals surface area contributed by atoms with Crippen LogP contribution in [-0.2, 0) is 6.54 Å². The third-order valence-electron chi connectivity index (χ3n) is 3.02. The monoisotopic (exact) mass is 289 g/mol. The second kappa shape index (κ2) is 6.65.